The molecule has 0 bridgehead atoms. The predicted molar refractivity (Wildman–Crippen MR) is 63.9 cm³/mol. The zero-order valence-electron chi connectivity index (χ0n) is 8.96. The molecule has 0 spiro atoms. The number of anilines is 1. The molecule has 0 unspecified atom stereocenters. The molecule has 88 valence electrons. The molecular weight excluding hydrogens is 244 g/mol. The lowest BCUT2D eigenvalue weighted by Crippen LogP contribution is -2.06. The average Bonchev–Trinajstić information content (AvgIpc) is 2.69. The van der Waals surface area contributed by atoms with Crippen molar-refractivity contribution in [1.29, 1.82) is 0 Å². The van der Waals surface area contributed by atoms with E-state index in [1.807, 2.05) is 0 Å². The van der Waals surface area contributed by atoms with Crippen LogP contribution < -0.4 is 5.73 Å². The maximum atomic E-state index is 5.76. The Bertz CT molecular complexity index is 605. The maximum absolute atomic E-state index is 5.76. The Balaban J connectivity index is 2.62. The predicted octanol–water partition coefficient (Wildman–Crippen LogP) is 0.896. The van der Waals surface area contributed by atoms with E-state index in [9.17, 15) is 0 Å². The number of aliphatic imine (C=N–C) groups is 1. The van der Waals surface area contributed by atoms with Gasteiger partial charge >= 0.3 is 0 Å². The fourth-order valence-corrected chi connectivity index (χ4v) is 1.44. The second-order valence-corrected chi connectivity index (χ2v) is 3.35. The van der Waals surface area contributed by atoms with Gasteiger partial charge in [-0.1, -0.05) is 18.2 Å². The van der Waals surface area contributed by atoms with Crippen molar-refractivity contribution in [1.82, 2.24) is 19.6 Å². The van der Waals surface area contributed by atoms with Gasteiger partial charge < -0.3 is 10.5 Å². The third kappa shape index (κ3) is 2.04. The molecule has 17 heavy (non-hydrogen) atoms. The molecule has 0 aliphatic heterocycles. The summed E-state index contributed by atoms with van der Waals surface area (Å²) < 4.78 is 6.37. The number of methoxy groups -OCH3 is 1. The maximum Gasteiger partial charge on any atom is 0.261 e. The zero-order valence-corrected chi connectivity index (χ0v) is 9.72. The summed E-state index contributed by atoms with van der Waals surface area (Å²) in [7, 11) is 1.46. The number of rotatable bonds is 2. The molecule has 2 aromatic heterocycles. The number of nitrogens with two attached hydrogens (primary N) is 1. The average molecular weight is 253 g/mol. The highest BCUT2D eigenvalue weighted by atomic mass is 35.5. The van der Waals surface area contributed by atoms with Gasteiger partial charge in [-0.15, -0.1) is 5.10 Å². The third-order valence-corrected chi connectivity index (χ3v) is 2.11. The van der Waals surface area contributed by atoms with E-state index in [1.54, 1.807) is 0 Å². The van der Waals surface area contributed by atoms with Gasteiger partial charge in [-0.25, -0.2) is 15.0 Å². The Hall–Kier alpha value is -2.15. The van der Waals surface area contributed by atoms with Crippen LogP contribution in [0.4, 0.5) is 5.95 Å². The Morgan fingerprint density at radius 2 is 2.41 bits per heavy atom. The minimum absolute atomic E-state index is 0.139. The van der Waals surface area contributed by atoms with Crippen LogP contribution in [-0.2, 0) is 4.74 Å². The molecule has 0 aliphatic carbocycles. The van der Waals surface area contributed by atoms with Gasteiger partial charge in [-0.3, -0.25) is 0 Å². The zero-order chi connectivity index (χ0) is 12.4. The van der Waals surface area contributed by atoms with E-state index in [0.717, 1.165) is 0 Å². The summed E-state index contributed by atoms with van der Waals surface area (Å²) in [5, 5.41) is 4.34. The molecule has 0 amide bonds. The first-order valence-corrected chi connectivity index (χ1v) is 4.95. The van der Waals surface area contributed by atoms with Gasteiger partial charge in [0.05, 0.1) is 7.11 Å². The van der Waals surface area contributed by atoms with E-state index in [4.69, 9.17) is 22.1 Å². The summed E-state index contributed by atoms with van der Waals surface area (Å²) in [6.07, 6.45) is 1.33. The first kappa shape index (κ1) is 11.3. The van der Waals surface area contributed by atoms with Gasteiger partial charge in [0.2, 0.25) is 11.8 Å². The van der Waals surface area contributed by atoms with Gasteiger partial charge in [0, 0.05) is 12.3 Å². The number of nitrogen functional groups attached to an aromatic ring is 1. The molecule has 0 aliphatic rings. The van der Waals surface area contributed by atoms with Crippen LogP contribution in [0.2, 0.25) is 5.15 Å². The molecule has 0 saturated carbocycles. The Morgan fingerprint density at radius 1 is 1.65 bits per heavy atom. The van der Waals surface area contributed by atoms with Crippen LogP contribution in [0.3, 0.4) is 0 Å². The molecule has 0 fully saturated rings. The van der Waals surface area contributed by atoms with Crippen LogP contribution in [0.15, 0.2) is 23.8 Å². The number of hydrogen-bond donors (Lipinski definition) is 1. The molecule has 2 rings (SSSR count). The van der Waals surface area contributed by atoms with Gasteiger partial charge in [-0.2, -0.15) is 4.52 Å². The van der Waals surface area contributed by atoms with E-state index in [1.165, 1.54) is 23.9 Å². The number of halogens is 1. The van der Waals surface area contributed by atoms with Crippen molar-refractivity contribution in [3.63, 3.8) is 0 Å². The summed E-state index contributed by atoms with van der Waals surface area (Å²) in [6, 6.07) is 1.54. The highest BCUT2D eigenvalue weighted by molar-refractivity contribution is 6.29. The second-order valence-electron chi connectivity index (χ2n) is 2.96. The Labute approximate surface area is 102 Å². The minimum atomic E-state index is 0.139. The Morgan fingerprint density at radius 3 is 3.06 bits per heavy atom. The molecule has 2 heterocycles. The van der Waals surface area contributed by atoms with Gasteiger partial charge in [0.15, 0.2) is 5.65 Å². The lowest BCUT2D eigenvalue weighted by Gasteiger charge is -1.96. The van der Waals surface area contributed by atoms with E-state index in [0.29, 0.717) is 5.65 Å². The van der Waals surface area contributed by atoms with Crippen molar-refractivity contribution >= 4 is 29.1 Å². The summed E-state index contributed by atoms with van der Waals surface area (Å²) >= 11 is 5.76. The number of fused-ring (bicyclic) bond motifs is 1. The molecule has 7 nitrogen and oxygen atoms in total. The molecule has 0 saturated heterocycles. The van der Waals surface area contributed by atoms with E-state index < -0.39 is 0 Å². The molecule has 0 radical (unpaired) electrons. The molecule has 8 heteroatoms. The minimum Gasteiger partial charge on any atom is -0.478 e. The molecule has 0 aromatic carbocycles. The molecule has 0 atom stereocenters. The Kier molecular flexibility index (Phi) is 2.92. The van der Waals surface area contributed by atoms with Gasteiger partial charge in [0.1, 0.15) is 5.15 Å². The van der Waals surface area contributed by atoms with Crippen LogP contribution >= 0.6 is 11.6 Å². The van der Waals surface area contributed by atoms with Crippen LogP contribution in [0.5, 0.6) is 0 Å². The second kappa shape index (κ2) is 4.38. The monoisotopic (exact) mass is 252 g/mol. The number of nitrogens with zero attached hydrogens (tertiary/aromatic N) is 5. The van der Waals surface area contributed by atoms with Crippen molar-refractivity contribution in [3.8, 4) is 0 Å². The van der Waals surface area contributed by atoms with Gasteiger partial charge in [0.25, 0.3) is 5.90 Å². The van der Waals surface area contributed by atoms with Crippen LogP contribution in [-0.4, -0.2) is 32.6 Å². The van der Waals surface area contributed by atoms with Crippen molar-refractivity contribution in [2.24, 2.45) is 4.99 Å². The fraction of sp³-hybridized carbons (Fsp3) is 0.111. The summed E-state index contributed by atoms with van der Waals surface area (Å²) in [5.74, 6) is 0.655. The summed E-state index contributed by atoms with van der Waals surface area (Å²) in [5.41, 5.74) is 6.11. The van der Waals surface area contributed by atoms with Crippen molar-refractivity contribution in [2.75, 3.05) is 12.8 Å². The molecular formula is C9H9ClN6O. The summed E-state index contributed by atoms with van der Waals surface area (Å²) in [4.78, 5) is 11.9. The van der Waals surface area contributed by atoms with Crippen molar-refractivity contribution in [3.05, 3.63) is 29.8 Å². The summed E-state index contributed by atoms with van der Waals surface area (Å²) in [6.45, 7) is 3.47. The first-order valence-electron chi connectivity index (χ1n) is 4.57. The fourth-order valence-electron chi connectivity index (χ4n) is 1.26. The number of hydrogen-bond acceptors (Lipinski definition) is 6. The number of aromatic nitrogens is 4. The van der Waals surface area contributed by atoms with E-state index >= 15 is 0 Å². The molecule has 2 N–H and O–H groups in total. The van der Waals surface area contributed by atoms with Crippen LogP contribution in [0.25, 0.3) is 5.65 Å². The van der Waals surface area contributed by atoms with Gasteiger partial charge in [-0.05, 0) is 0 Å². The molecule has 2 aromatic rings. The van der Waals surface area contributed by atoms with E-state index in [2.05, 4.69) is 26.6 Å². The lowest BCUT2D eigenvalue weighted by atomic mass is 10.6. The first-order chi connectivity index (χ1) is 8.15. The normalized spacial score (nSPS) is 11.8. The smallest absolute Gasteiger partial charge is 0.261 e. The highest BCUT2D eigenvalue weighted by Crippen LogP contribution is 2.12. The third-order valence-electron chi connectivity index (χ3n) is 1.91. The number of ether oxygens (including phenoxy) is 1. The SMILES string of the molecule is C=CN=C(OC)c1nc2cc(Cl)nc(N)n2n1. The lowest BCUT2D eigenvalue weighted by molar-refractivity contribution is 0.401. The van der Waals surface area contributed by atoms with Crippen LogP contribution in [0, 0.1) is 0 Å². The standard InChI is InChI=1S/C9H9ClN6O/c1-3-12-8(17-2)7-14-6-4-5(10)13-9(11)16(6)15-7/h3-4H,1H2,2H3,(H2,11,13). The van der Waals surface area contributed by atoms with Crippen molar-refractivity contribution in [2.45, 2.75) is 0 Å². The van der Waals surface area contributed by atoms with Crippen molar-refractivity contribution < 1.29 is 4.74 Å². The largest absolute Gasteiger partial charge is 0.478 e. The van der Waals surface area contributed by atoms with E-state index in [-0.39, 0.29) is 22.8 Å². The quantitative estimate of drug-likeness (QED) is 0.487. The van der Waals surface area contributed by atoms with Crippen LogP contribution in [0.1, 0.15) is 5.82 Å². The highest BCUT2D eigenvalue weighted by Gasteiger charge is 2.13. The topological polar surface area (TPSA) is 90.7 Å².